The molecule has 19 heavy (non-hydrogen) atoms. The van der Waals surface area contributed by atoms with Crippen molar-refractivity contribution in [3.63, 3.8) is 0 Å². The first-order chi connectivity index (χ1) is 8.65. The van der Waals surface area contributed by atoms with E-state index < -0.39 is 28.8 Å². The van der Waals surface area contributed by atoms with E-state index in [1.165, 1.54) is 18.7 Å². The van der Waals surface area contributed by atoms with Gasteiger partial charge >= 0.3 is 5.97 Å². The van der Waals surface area contributed by atoms with Crippen molar-refractivity contribution in [1.29, 1.82) is 0 Å². The van der Waals surface area contributed by atoms with Gasteiger partial charge < -0.3 is 15.1 Å². The Kier molecular flexibility index (Phi) is 4.47. The normalized spacial score (nSPS) is 11.5. The van der Waals surface area contributed by atoms with Gasteiger partial charge in [-0.25, -0.2) is 13.6 Å². The number of carbonyl (C=O) groups is 1. The van der Waals surface area contributed by atoms with Gasteiger partial charge in [-0.05, 0) is 32.9 Å². The molecule has 1 aromatic carbocycles. The van der Waals surface area contributed by atoms with Crippen molar-refractivity contribution in [3.8, 4) is 0 Å². The molecule has 4 nitrogen and oxygen atoms in total. The van der Waals surface area contributed by atoms with Gasteiger partial charge in [-0.3, -0.25) is 0 Å². The lowest BCUT2D eigenvalue weighted by Crippen LogP contribution is -2.39. The van der Waals surface area contributed by atoms with Crippen LogP contribution in [-0.2, 0) is 0 Å². The number of halogens is 2. The summed E-state index contributed by atoms with van der Waals surface area (Å²) in [5.41, 5.74) is -1.90. The molecule has 0 saturated carbocycles. The monoisotopic (exact) mass is 273 g/mol. The summed E-state index contributed by atoms with van der Waals surface area (Å²) < 4.78 is 27.7. The van der Waals surface area contributed by atoms with Gasteiger partial charge in [0.25, 0.3) is 0 Å². The fourth-order valence-corrected chi connectivity index (χ4v) is 1.81. The Hall–Kier alpha value is -1.69. The lowest BCUT2D eigenvalue weighted by atomic mass is 10.1. The second-order valence-electron chi connectivity index (χ2n) is 4.92. The van der Waals surface area contributed by atoms with Gasteiger partial charge in [-0.2, -0.15) is 0 Å². The van der Waals surface area contributed by atoms with Crippen LogP contribution in [0.25, 0.3) is 0 Å². The Morgan fingerprint density at radius 2 is 1.79 bits per heavy atom. The Morgan fingerprint density at radius 3 is 2.11 bits per heavy atom. The molecule has 0 aliphatic heterocycles. The van der Waals surface area contributed by atoms with Gasteiger partial charge in [0.15, 0.2) is 0 Å². The lowest BCUT2D eigenvalue weighted by molar-refractivity contribution is 0.0695. The number of aliphatic hydroxyl groups is 1. The highest BCUT2D eigenvalue weighted by Crippen LogP contribution is 2.26. The molecule has 0 spiro atoms. The highest BCUT2D eigenvalue weighted by Gasteiger charge is 2.24. The number of rotatable bonds is 5. The summed E-state index contributed by atoms with van der Waals surface area (Å²) in [6.45, 7) is 5.05. The molecule has 2 N–H and O–H groups in total. The fraction of sp³-hybridized carbons (Fsp3) is 0.462. The van der Waals surface area contributed by atoms with Crippen LogP contribution in [0.4, 0.5) is 14.5 Å². The van der Waals surface area contributed by atoms with Gasteiger partial charge in [-0.1, -0.05) is 0 Å². The number of hydrogen-bond donors (Lipinski definition) is 2. The first-order valence-electron chi connectivity index (χ1n) is 5.85. The highest BCUT2D eigenvalue weighted by atomic mass is 19.1. The number of carboxylic acid groups (broad SMARTS) is 1. The summed E-state index contributed by atoms with van der Waals surface area (Å²) in [7, 11) is 0. The van der Waals surface area contributed by atoms with E-state index in [9.17, 15) is 18.7 Å². The SMILES string of the molecule is CCN(CC(C)(C)O)c1c(F)cc(C(=O)O)cc1F. The summed E-state index contributed by atoms with van der Waals surface area (Å²) in [6.07, 6.45) is 0. The number of carboxylic acids is 1. The average molecular weight is 273 g/mol. The molecular weight excluding hydrogens is 256 g/mol. The van der Waals surface area contributed by atoms with Gasteiger partial charge in [0, 0.05) is 13.1 Å². The fourth-order valence-electron chi connectivity index (χ4n) is 1.81. The molecule has 0 aliphatic carbocycles. The number of benzene rings is 1. The highest BCUT2D eigenvalue weighted by molar-refractivity contribution is 5.88. The second kappa shape index (κ2) is 5.52. The maximum absolute atomic E-state index is 13.9. The quantitative estimate of drug-likeness (QED) is 0.864. The summed E-state index contributed by atoms with van der Waals surface area (Å²) in [5.74, 6) is -3.30. The molecule has 0 bridgehead atoms. The van der Waals surface area contributed by atoms with E-state index in [0.29, 0.717) is 0 Å². The second-order valence-corrected chi connectivity index (χ2v) is 4.92. The summed E-state index contributed by atoms with van der Waals surface area (Å²) in [6, 6.07) is 1.54. The van der Waals surface area contributed by atoms with E-state index in [2.05, 4.69) is 0 Å². The summed E-state index contributed by atoms with van der Waals surface area (Å²) in [5, 5.41) is 18.4. The number of hydrogen-bond acceptors (Lipinski definition) is 3. The molecule has 106 valence electrons. The molecule has 0 aromatic heterocycles. The van der Waals surface area contributed by atoms with Crippen LogP contribution in [0.1, 0.15) is 31.1 Å². The molecular formula is C13H17F2NO3. The minimum Gasteiger partial charge on any atom is -0.478 e. The molecule has 0 saturated heterocycles. The third-order valence-electron chi connectivity index (χ3n) is 2.54. The zero-order valence-corrected chi connectivity index (χ0v) is 11.1. The molecule has 0 amide bonds. The molecule has 0 fully saturated rings. The topological polar surface area (TPSA) is 60.8 Å². The average Bonchev–Trinajstić information content (AvgIpc) is 2.24. The third-order valence-corrected chi connectivity index (χ3v) is 2.54. The molecule has 0 atom stereocenters. The van der Waals surface area contributed by atoms with Crippen molar-refractivity contribution in [1.82, 2.24) is 0 Å². The summed E-state index contributed by atoms with van der Waals surface area (Å²) in [4.78, 5) is 12.0. The Morgan fingerprint density at radius 1 is 1.32 bits per heavy atom. The van der Waals surface area contributed by atoms with Gasteiger partial charge in [0.1, 0.15) is 17.3 Å². The van der Waals surface area contributed by atoms with Crippen LogP contribution in [0, 0.1) is 11.6 Å². The Bertz CT molecular complexity index is 460. The van der Waals surface area contributed by atoms with Gasteiger partial charge in [0.05, 0.1) is 11.2 Å². The number of aromatic carboxylic acids is 1. The van der Waals surface area contributed by atoms with Crippen LogP contribution >= 0.6 is 0 Å². The molecule has 0 aliphatic rings. The maximum Gasteiger partial charge on any atom is 0.335 e. The van der Waals surface area contributed by atoms with Gasteiger partial charge in [-0.15, -0.1) is 0 Å². The van der Waals surface area contributed by atoms with Crippen LogP contribution < -0.4 is 4.90 Å². The Balaban J connectivity index is 3.22. The number of nitrogens with zero attached hydrogens (tertiary/aromatic N) is 1. The predicted octanol–water partition coefficient (Wildman–Crippen LogP) is 2.26. The minimum absolute atomic E-state index is 0.0315. The largest absolute Gasteiger partial charge is 0.478 e. The predicted molar refractivity (Wildman–Crippen MR) is 67.5 cm³/mol. The van der Waals surface area contributed by atoms with E-state index in [1.807, 2.05) is 0 Å². The smallest absolute Gasteiger partial charge is 0.335 e. The van der Waals surface area contributed by atoms with Crippen molar-refractivity contribution < 1.29 is 23.8 Å². The lowest BCUT2D eigenvalue weighted by Gasteiger charge is -2.30. The zero-order valence-electron chi connectivity index (χ0n) is 11.1. The van der Waals surface area contributed by atoms with Crippen LogP contribution in [0.2, 0.25) is 0 Å². The number of anilines is 1. The third kappa shape index (κ3) is 3.89. The Labute approximate surface area is 110 Å². The van der Waals surface area contributed by atoms with Crippen molar-refractivity contribution in [3.05, 3.63) is 29.3 Å². The molecule has 0 radical (unpaired) electrons. The van der Waals surface area contributed by atoms with E-state index in [4.69, 9.17) is 5.11 Å². The standard InChI is InChI=1S/C13H17F2NO3/c1-4-16(7-13(2,3)19)11-9(14)5-8(12(17)18)6-10(11)15/h5-6,19H,4,7H2,1-3H3,(H,17,18). The van der Waals surface area contributed by atoms with E-state index in [-0.39, 0.29) is 18.8 Å². The number of likely N-dealkylation sites (N-methyl/N-ethyl adjacent to an activating group) is 1. The summed E-state index contributed by atoms with van der Waals surface area (Å²) >= 11 is 0. The first kappa shape index (κ1) is 15.4. The van der Waals surface area contributed by atoms with Crippen molar-refractivity contribution >= 4 is 11.7 Å². The van der Waals surface area contributed by atoms with E-state index >= 15 is 0 Å². The van der Waals surface area contributed by atoms with Crippen molar-refractivity contribution in [2.24, 2.45) is 0 Å². The molecule has 0 unspecified atom stereocenters. The van der Waals surface area contributed by atoms with Crippen molar-refractivity contribution in [2.45, 2.75) is 26.4 Å². The molecule has 6 heteroatoms. The van der Waals surface area contributed by atoms with Crippen LogP contribution in [-0.4, -0.2) is 34.9 Å². The first-order valence-corrected chi connectivity index (χ1v) is 5.85. The molecule has 1 aromatic rings. The van der Waals surface area contributed by atoms with Crippen LogP contribution in [0.5, 0.6) is 0 Å². The van der Waals surface area contributed by atoms with E-state index in [1.54, 1.807) is 6.92 Å². The van der Waals surface area contributed by atoms with Gasteiger partial charge in [0.2, 0.25) is 0 Å². The maximum atomic E-state index is 13.9. The minimum atomic E-state index is -1.39. The van der Waals surface area contributed by atoms with Crippen LogP contribution in [0.15, 0.2) is 12.1 Å². The van der Waals surface area contributed by atoms with Crippen molar-refractivity contribution in [2.75, 3.05) is 18.0 Å². The molecule has 0 heterocycles. The zero-order chi connectivity index (χ0) is 14.8. The van der Waals surface area contributed by atoms with E-state index in [0.717, 1.165) is 12.1 Å². The van der Waals surface area contributed by atoms with Crippen LogP contribution in [0.3, 0.4) is 0 Å². The molecule has 1 rings (SSSR count).